The summed E-state index contributed by atoms with van der Waals surface area (Å²) >= 11 is 0. The van der Waals surface area contributed by atoms with Crippen LogP contribution in [0.1, 0.15) is 148 Å². The minimum Gasteiger partial charge on any atom is -0.507 e. The Kier molecular flexibility index (Phi) is 21.9. The number of Topliss-reactive ketones (excluding diaryl/α,β-unsaturated/α-hetero) is 2. The van der Waals surface area contributed by atoms with E-state index in [1.807, 2.05) is 0 Å². The van der Waals surface area contributed by atoms with Crippen molar-refractivity contribution in [3.05, 3.63) is 47.5 Å². The van der Waals surface area contributed by atoms with E-state index in [9.17, 15) is 54.0 Å². The summed E-state index contributed by atoms with van der Waals surface area (Å²) in [4.78, 5) is 95.5. The molecule has 1 aliphatic heterocycles. The van der Waals surface area contributed by atoms with Crippen molar-refractivity contribution in [2.75, 3.05) is 20.7 Å². The number of aromatic hydroxyl groups is 2. The zero-order valence-corrected chi connectivity index (χ0v) is 38.7. The Morgan fingerprint density at radius 3 is 1.91 bits per heavy atom. The molecule has 4 bridgehead atoms. The molecule has 0 aromatic heterocycles. The first-order valence-corrected chi connectivity index (χ1v) is 23.1. The summed E-state index contributed by atoms with van der Waals surface area (Å²) in [5.41, 5.74) is 0.916. The quantitative estimate of drug-likeness (QED) is 0.0633. The summed E-state index contributed by atoms with van der Waals surface area (Å²) in [6.07, 6.45) is 14.5. The van der Waals surface area contributed by atoms with Gasteiger partial charge in [0.2, 0.25) is 23.6 Å². The molecule has 0 unspecified atom stereocenters. The number of aliphatic carboxylic acids is 1. The molecule has 2 aromatic carbocycles. The molecule has 0 saturated carbocycles. The second-order valence-corrected chi connectivity index (χ2v) is 17.7. The number of amides is 4. The van der Waals surface area contributed by atoms with E-state index >= 15 is 0 Å². The summed E-state index contributed by atoms with van der Waals surface area (Å²) in [5, 5.41) is 46.8. The van der Waals surface area contributed by atoms with Crippen molar-refractivity contribution < 1.29 is 54.0 Å². The topological polar surface area (TPSA) is 231 Å². The molecular weight excluding hydrogens is 821 g/mol. The van der Waals surface area contributed by atoms with Crippen LogP contribution < -0.4 is 10.6 Å². The fraction of sp³-hybridized carbons (Fsp3) is 0.612. The number of fused-ring (bicyclic) bond motifs is 5. The van der Waals surface area contributed by atoms with Crippen molar-refractivity contribution in [1.29, 1.82) is 0 Å². The van der Waals surface area contributed by atoms with Gasteiger partial charge in [0.05, 0.1) is 12.6 Å². The minimum absolute atomic E-state index is 0.109. The van der Waals surface area contributed by atoms with Gasteiger partial charge < -0.3 is 40.9 Å². The first kappa shape index (κ1) is 53.0. The van der Waals surface area contributed by atoms with Gasteiger partial charge in [-0.2, -0.15) is 0 Å². The van der Waals surface area contributed by atoms with E-state index in [2.05, 4.69) is 17.6 Å². The van der Waals surface area contributed by atoms with Crippen LogP contribution in [-0.2, 0) is 40.0 Å². The Hall–Kier alpha value is -5.31. The molecule has 0 saturated heterocycles. The van der Waals surface area contributed by atoms with Crippen molar-refractivity contribution in [1.82, 2.24) is 20.4 Å². The molecule has 354 valence electrons. The molecule has 15 nitrogen and oxygen atoms in total. The summed E-state index contributed by atoms with van der Waals surface area (Å²) in [5.74, 6) is -7.27. The van der Waals surface area contributed by atoms with Crippen molar-refractivity contribution in [2.24, 2.45) is 11.8 Å². The highest BCUT2D eigenvalue weighted by molar-refractivity contribution is 5.97. The second kappa shape index (κ2) is 26.5. The third kappa shape index (κ3) is 15.7. The largest absolute Gasteiger partial charge is 0.507 e. The predicted molar refractivity (Wildman–Crippen MR) is 243 cm³/mol. The number of hydrogen-bond donors (Lipinski definition) is 6. The van der Waals surface area contributed by atoms with Crippen LogP contribution in [0.15, 0.2) is 36.4 Å². The molecule has 1 heterocycles. The summed E-state index contributed by atoms with van der Waals surface area (Å²) in [6, 6.07) is 3.46. The number of phenols is 2. The van der Waals surface area contributed by atoms with Crippen molar-refractivity contribution in [3.63, 3.8) is 0 Å². The Balaban J connectivity index is 1.64. The number of hydrogen-bond acceptors (Lipinski definition) is 10. The molecule has 64 heavy (non-hydrogen) atoms. The number of carbonyl (C=O) groups is 7. The van der Waals surface area contributed by atoms with E-state index in [4.69, 9.17) is 0 Å². The first-order chi connectivity index (χ1) is 30.4. The number of aliphatic hydroxyl groups excluding tert-OH is 1. The van der Waals surface area contributed by atoms with Gasteiger partial charge in [-0.15, -0.1) is 0 Å². The van der Waals surface area contributed by atoms with E-state index < -0.39 is 84.3 Å². The molecule has 3 rings (SSSR count). The van der Waals surface area contributed by atoms with Gasteiger partial charge >= 0.3 is 5.97 Å². The lowest BCUT2D eigenvalue weighted by Gasteiger charge is -2.31. The number of aliphatic hydroxyl groups is 1. The number of nitrogens with one attached hydrogen (secondary N) is 2. The highest BCUT2D eigenvalue weighted by Crippen LogP contribution is 2.39. The Morgan fingerprint density at radius 2 is 1.34 bits per heavy atom. The number of rotatable bonds is 24. The highest BCUT2D eigenvalue weighted by Gasteiger charge is 2.36. The van der Waals surface area contributed by atoms with E-state index in [0.717, 1.165) is 24.2 Å². The molecule has 0 radical (unpaired) electrons. The molecule has 4 amide bonds. The lowest BCUT2D eigenvalue weighted by Crippen LogP contribution is -2.53. The van der Waals surface area contributed by atoms with E-state index in [1.54, 1.807) is 0 Å². The van der Waals surface area contributed by atoms with Gasteiger partial charge in [-0.05, 0) is 48.7 Å². The maximum Gasteiger partial charge on any atom is 0.326 e. The van der Waals surface area contributed by atoms with E-state index in [-0.39, 0.29) is 53.4 Å². The van der Waals surface area contributed by atoms with Gasteiger partial charge in [-0.25, -0.2) is 4.79 Å². The monoisotopic (exact) mass is 893 g/mol. The van der Waals surface area contributed by atoms with Gasteiger partial charge in [-0.3, -0.25) is 28.8 Å². The van der Waals surface area contributed by atoms with Crippen molar-refractivity contribution in [2.45, 2.75) is 161 Å². The number of carboxylic acids is 1. The number of carbonyl (C=O) groups excluding carboxylic acids is 6. The second-order valence-electron chi connectivity index (χ2n) is 17.7. The van der Waals surface area contributed by atoms with Crippen LogP contribution in [0, 0.1) is 11.8 Å². The Labute approximate surface area is 378 Å². The van der Waals surface area contributed by atoms with Gasteiger partial charge in [-0.1, -0.05) is 110 Å². The van der Waals surface area contributed by atoms with Gasteiger partial charge in [0.15, 0.2) is 11.6 Å². The average molecular weight is 893 g/mol. The van der Waals surface area contributed by atoms with E-state index in [0.29, 0.717) is 12.0 Å². The summed E-state index contributed by atoms with van der Waals surface area (Å²) < 4.78 is 0. The molecule has 0 spiro atoms. The number of phenolic OH excluding ortho intramolecular Hbond substituents is 2. The molecular formula is C49H72N4O11. The zero-order chi connectivity index (χ0) is 47.5. The number of likely N-dealkylation sites (N-methyl/N-ethyl adjacent to an activating group) is 2. The van der Waals surface area contributed by atoms with Gasteiger partial charge in [0.25, 0.3) is 0 Å². The third-order valence-corrected chi connectivity index (χ3v) is 12.3. The molecule has 0 fully saturated rings. The molecule has 2 aromatic rings. The van der Waals surface area contributed by atoms with E-state index in [1.165, 1.54) is 134 Å². The molecule has 1 aliphatic rings. The molecule has 0 aliphatic carbocycles. The van der Waals surface area contributed by atoms with Crippen molar-refractivity contribution >= 4 is 41.2 Å². The van der Waals surface area contributed by atoms with Crippen molar-refractivity contribution in [3.8, 4) is 22.6 Å². The maximum atomic E-state index is 14.1. The third-order valence-electron chi connectivity index (χ3n) is 12.3. The smallest absolute Gasteiger partial charge is 0.326 e. The van der Waals surface area contributed by atoms with Gasteiger partial charge in [0, 0.05) is 62.7 Å². The van der Waals surface area contributed by atoms with Crippen LogP contribution in [0.3, 0.4) is 0 Å². The van der Waals surface area contributed by atoms with Crippen LogP contribution in [0.4, 0.5) is 0 Å². The normalized spacial score (nSPS) is 17.9. The zero-order valence-electron chi connectivity index (χ0n) is 38.7. The lowest BCUT2D eigenvalue weighted by molar-refractivity contribution is -0.144. The van der Waals surface area contributed by atoms with Crippen LogP contribution in [0.2, 0.25) is 0 Å². The molecule has 6 atom stereocenters. The lowest BCUT2D eigenvalue weighted by atomic mass is 9.89. The number of unbranched alkanes of at least 4 members (excludes halogenated alkanes) is 12. The Morgan fingerprint density at radius 1 is 0.797 bits per heavy atom. The van der Waals surface area contributed by atoms with Crippen LogP contribution >= 0.6 is 0 Å². The van der Waals surface area contributed by atoms with Crippen LogP contribution in [0.5, 0.6) is 11.5 Å². The average Bonchev–Trinajstić information content (AvgIpc) is 3.25. The number of nitrogens with zero attached hydrogens (tertiary/aromatic N) is 2. The highest BCUT2D eigenvalue weighted by atomic mass is 16.4. The summed E-state index contributed by atoms with van der Waals surface area (Å²) in [7, 11) is 2.81. The standard InChI is InChI=1S/C49H72N4O11/c1-7-8-9-10-11-12-13-14-15-16-17-18-19-20-44(59)52(5)39(30-54)47(61)50-33(4)42(57)26-32(3)48(62)53(6)45-35-22-24-41(56)37(29-35)36-27-34(21-23-40(36)55)28-38(49(63)64)51-46(60)31(2)25-43(45)58/h21-24,27,29,31-33,38-39,45,54-56H,7-20,25-26,28,30H2,1-6H3,(H,50,61)(H,51,60)(H,63,64)/t31-,32-,33-,38+,39-,45+/m1/s1. The molecule has 6 N–H and O–H groups in total. The SMILES string of the molecule is CCCCCCCCCCCCCCCC(=O)N(C)[C@H](CO)C(=O)N[C@H](C)C(=O)C[C@@H](C)C(=O)N(C)[C@@H]1C(=O)C[C@@H](C)C(=O)N[C@H](C(=O)O)Cc2ccc(O)c(c2)-c2cc1ccc2O. The number of benzene rings is 2. The number of carboxylic acid groups (broad SMARTS) is 1. The Bertz CT molecular complexity index is 1920. The first-order valence-electron chi connectivity index (χ1n) is 23.1. The van der Waals surface area contributed by atoms with Gasteiger partial charge in [0.1, 0.15) is 29.6 Å². The fourth-order valence-corrected chi connectivity index (χ4v) is 8.20. The number of ketones is 2. The van der Waals surface area contributed by atoms with Crippen LogP contribution in [-0.4, -0.2) is 110 Å². The minimum atomic E-state index is -1.37. The summed E-state index contributed by atoms with van der Waals surface area (Å²) in [6.45, 7) is 5.96. The predicted octanol–water partition coefficient (Wildman–Crippen LogP) is 6.39. The van der Waals surface area contributed by atoms with Crippen LogP contribution in [0.25, 0.3) is 11.1 Å². The molecule has 15 heteroatoms. The fourth-order valence-electron chi connectivity index (χ4n) is 8.20. The maximum absolute atomic E-state index is 14.1.